The molecule has 0 amide bonds. The number of hydrogen-bond donors (Lipinski definition) is 2. The lowest BCUT2D eigenvalue weighted by atomic mass is 10.0. The summed E-state index contributed by atoms with van der Waals surface area (Å²) in [5, 5.41) is 0. The van der Waals surface area contributed by atoms with Gasteiger partial charge in [0.15, 0.2) is 0 Å². The first kappa shape index (κ1) is 22.4. The monoisotopic (exact) mass is 376 g/mol. The van der Waals surface area contributed by atoms with E-state index < -0.39 is 20.5 Å². The molecule has 2 N–H and O–H groups in total. The topological polar surface area (TPSA) is 195 Å². The number of likely N-dealkylation sites (tertiary alicyclic amines) is 1. The molecule has 1 fully saturated rings. The summed E-state index contributed by atoms with van der Waals surface area (Å²) < 4.78 is 65.4. The van der Waals surface area contributed by atoms with E-state index in [1.807, 2.05) is 12.4 Å². The Morgan fingerprint density at radius 1 is 1.13 bits per heavy atom. The molecular formula is C11H18Cl2N2O8. The first-order valence-corrected chi connectivity index (χ1v) is 8.69. The van der Waals surface area contributed by atoms with Crippen LogP contribution < -0.4 is 28.0 Å². The molecule has 1 aliphatic rings. The first-order chi connectivity index (χ1) is 10.3. The van der Waals surface area contributed by atoms with E-state index in [1.54, 1.807) is 0 Å². The van der Waals surface area contributed by atoms with Gasteiger partial charge in [-0.15, -0.1) is 0 Å². The highest BCUT2D eigenvalue weighted by atomic mass is 35.7. The van der Waals surface area contributed by atoms with E-state index in [0.717, 1.165) is 0 Å². The second-order valence-corrected chi connectivity index (χ2v) is 6.25. The van der Waals surface area contributed by atoms with Crippen LogP contribution in [-0.2, 0) is 0 Å². The third kappa shape index (κ3) is 13.5. The van der Waals surface area contributed by atoms with Gasteiger partial charge in [-0.25, -0.2) is 0 Å². The molecule has 0 radical (unpaired) electrons. The van der Waals surface area contributed by atoms with E-state index in [0.29, 0.717) is 6.04 Å². The highest BCUT2D eigenvalue weighted by Gasteiger charge is 2.23. The van der Waals surface area contributed by atoms with Crippen LogP contribution in [-0.4, -0.2) is 32.8 Å². The molecule has 2 heterocycles. The minimum Gasteiger partial charge on any atom is -0.299 e. The van der Waals surface area contributed by atoms with Crippen molar-refractivity contribution in [1.82, 2.24) is 9.88 Å². The fraction of sp³-hybridized carbons (Fsp3) is 0.545. The number of hydrogen-bond acceptors (Lipinski definition) is 10. The van der Waals surface area contributed by atoms with Crippen molar-refractivity contribution in [2.45, 2.75) is 25.8 Å². The van der Waals surface area contributed by atoms with Crippen LogP contribution in [0, 0.1) is 27.4 Å². The zero-order valence-electron chi connectivity index (χ0n) is 12.4. The highest BCUT2D eigenvalue weighted by molar-refractivity contribution is 5.25. The van der Waals surface area contributed by atoms with Gasteiger partial charge in [0.1, 0.15) is 0 Å². The Balaban J connectivity index is 0.000000406. The Hall–Kier alpha value is -0.630. The largest absolute Gasteiger partial charge is 0.299 e. The second kappa shape index (κ2) is 9.61. The summed E-state index contributed by atoms with van der Waals surface area (Å²) in [6.07, 6.45) is 6.48. The van der Waals surface area contributed by atoms with Gasteiger partial charge in [-0.05, 0) is 50.6 Å². The molecular weight excluding hydrogens is 359 g/mol. The molecule has 134 valence electrons. The van der Waals surface area contributed by atoms with E-state index in [1.165, 1.54) is 30.5 Å². The molecule has 23 heavy (non-hydrogen) atoms. The van der Waals surface area contributed by atoms with Gasteiger partial charge in [0, 0.05) is 18.4 Å². The van der Waals surface area contributed by atoms with E-state index in [2.05, 4.69) is 29.9 Å². The van der Waals surface area contributed by atoms with E-state index >= 15 is 0 Å². The number of aryl methyl sites for hydroxylation is 1. The van der Waals surface area contributed by atoms with Gasteiger partial charge < -0.3 is 0 Å². The fourth-order valence-electron chi connectivity index (χ4n) is 2.13. The van der Waals surface area contributed by atoms with Crippen molar-refractivity contribution < 1.29 is 57.8 Å². The van der Waals surface area contributed by atoms with Crippen molar-refractivity contribution in [3.05, 3.63) is 29.6 Å². The summed E-state index contributed by atoms with van der Waals surface area (Å²) in [4.78, 5) is 6.62. The van der Waals surface area contributed by atoms with Crippen LogP contribution in [0.15, 0.2) is 18.5 Å². The van der Waals surface area contributed by atoms with Crippen molar-refractivity contribution in [3.8, 4) is 0 Å². The van der Waals surface area contributed by atoms with Crippen molar-refractivity contribution in [3.63, 3.8) is 0 Å². The lowest BCUT2D eigenvalue weighted by Crippen LogP contribution is -2.58. The summed E-state index contributed by atoms with van der Waals surface area (Å²) in [7, 11) is -7.19. The molecule has 0 bridgehead atoms. The SMILES string of the molecule is Cc1ccncc1C1CCCN1C.[O-][Cl+3]([O-])([O-])O.[O-][Cl+3]([O-])([O-])O. The first-order valence-electron chi connectivity index (χ1n) is 6.16. The van der Waals surface area contributed by atoms with Crippen LogP contribution in [0.3, 0.4) is 0 Å². The molecule has 1 saturated heterocycles. The second-order valence-electron chi connectivity index (χ2n) is 4.66. The maximum atomic E-state index is 8.60. The van der Waals surface area contributed by atoms with Crippen LogP contribution in [0.1, 0.15) is 30.0 Å². The van der Waals surface area contributed by atoms with Crippen molar-refractivity contribution in [2.24, 2.45) is 0 Å². The summed E-state index contributed by atoms with van der Waals surface area (Å²) in [5.74, 6) is 0. The van der Waals surface area contributed by atoms with Gasteiger partial charge in [-0.2, -0.15) is 28.0 Å². The normalized spacial score (nSPS) is 18.6. The molecule has 1 unspecified atom stereocenters. The molecule has 1 aromatic heterocycles. The average Bonchev–Trinajstić information content (AvgIpc) is 2.71. The van der Waals surface area contributed by atoms with Gasteiger partial charge in [0.05, 0.1) is 29.8 Å². The Morgan fingerprint density at radius 2 is 1.61 bits per heavy atom. The van der Waals surface area contributed by atoms with Gasteiger partial charge in [-0.3, -0.25) is 9.88 Å². The highest BCUT2D eigenvalue weighted by Crippen LogP contribution is 2.31. The summed E-state index contributed by atoms with van der Waals surface area (Å²) in [6, 6.07) is 2.70. The maximum Gasteiger partial charge on any atom is 0.0777 e. The molecule has 1 aliphatic heterocycles. The van der Waals surface area contributed by atoms with E-state index in [9.17, 15) is 0 Å². The van der Waals surface area contributed by atoms with Crippen LogP contribution >= 0.6 is 0 Å². The molecule has 1 aromatic rings. The van der Waals surface area contributed by atoms with Crippen molar-refractivity contribution in [2.75, 3.05) is 13.6 Å². The number of pyridine rings is 1. The Morgan fingerprint density at radius 3 is 1.96 bits per heavy atom. The molecule has 0 aliphatic carbocycles. The Labute approximate surface area is 137 Å². The third-order valence-electron chi connectivity index (χ3n) is 2.96. The number of aromatic nitrogens is 1. The quantitative estimate of drug-likeness (QED) is 0.475. The molecule has 2 rings (SSSR count). The van der Waals surface area contributed by atoms with Crippen LogP contribution in [0.25, 0.3) is 0 Å². The predicted molar refractivity (Wildman–Crippen MR) is 58.0 cm³/mol. The van der Waals surface area contributed by atoms with Gasteiger partial charge in [-0.1, -0.05) is 0 Å². The maximum absolute atomic E-state index is 8.60. The minimum absolute atomic E-state index is 0.605. The molecule has 12 heteroatoms. The molecule has 1 atom stereocenters. The standard InChI is InChI=1S/C11H16N2.2ClHO4/c1-9-5-6-12-8-10(9)11-4-3-7-13(11)2;2*2-1(3,4)5/h5-6,8,11H,3-4,7H2,1-2H3;2*(H,2,3,4,5). The van der Waals surface area contributed by atoms with E-state index in [-0.39, 0.29) is 0 Å². The average molecular weight is 377 g/mol. The summed E-state index contributed by atoms with van der Waals surface area (Å²) in [6.45, 7) is 3.39. The summed E-state index contributed by atoms with van der Waals surface area (Å²) in [5.41, 5.74) is 2.77. The number of nitrogens with zero attached hydrogens (tertiary/aromatic N) is 2. The van der Waals surface area contributed by atoms with Crippen LogP contribution in [0.4, 0.5) is 0 Å². The van der Waals surface area contributed by atoms with E-state index in [4.69, 9.17) is 37.3 Å². The lowest BCUT2D eigenvalue weighted by Gasteiger charge is -2.20. The Kier molecular flexibility index (Phi) is 9.35. The van der Waals surface area contributed by atoms with Gasteiger partial charge in [0.25, 0.3) is 0 Å². The number of halogens is 2. The lowest BCUT2D eigenvalue weighted by molar-refractivity contribution is -1.92. The third-order valence-corrected chi connectivity index (χ3v) is 2.96. The van der Waals surface area contributed by atoms with Crippen LogP contribution in [0.5, 0.6) is 0 Å². The van der Waals surface area contributed by atoms with Gasteiger partial charge >= 0.3 is 0 Å². The zero-order chi connectivity index (χ0) is 18.3. The minimum atomic E-state index is -4.69. The summed E-state index contributed by atoms with van der Waals surface area (Å²) >= 11 is 0. The van der Waals surface area contributed by atoms with Crippen molar-refractivity contribution in [1.29, 1.82) is 0 Å². The predicted octanol–water partition coefficient (Wildman–Crippen LogP) is -6.09. The Bertz CT molecular complexity index is 442. The number of rotatable bonds is 1. The molecule has 10 nitrogen and oxygen atoms in total. The smallest absolute Gasteiger partial charge is 0.0777 e. The molecule has 0 spiro atoms. The fourth-order valence-corrected chi connectivity index (χ4v) is 2.13. The zero-order valence-corrected chi connectivity index (χ0v) is 13.9. The van der Waals surface area contributed by atoms with Gasteiger partial charge in [0.2, 0.25) is 0 Å². The molecule has 0 aromatic carbocycles. The van der Waals surface area contributed by atoms with Crippen LogP contribution in [0.2, 0.25) is 0 Å². The van der Waals surface area contributed by atoms with Crippen molar-refractivity contribution >= 4 is 0 Å². The molecule has 0 saturated carbocycles.